The van der Waals surface area contributed by atoms with Gasteiger partial charge < -0.3 is 9.36 Å². The number of aryl methyl sites for hydroxylation is 1. The SMILES string of the molecule is C=C1C=CC(=O)N1CC(=O)NCCC(=O)NC([CH2][Pb])CC(=O)NCOC(C(=O)NC1CCc2c(C)c(F)cc3nc4c(c1c23)Cn1c-4cc([C@](C)(C=O)CC)c(CCC)c1=O)C1CC1. The van der Waals surface area contributed by atoms with Gasteiger partial charge in [-0.3, -0.25) is 4.79 Å². The topological polar surface area (TPSA) is 198 Å². The number of aromatic nitrogens is 2. The second-order valence-corrected chi connectivity index (χ2v) is 19.0. The maximum atomic E-state index is 15.5. The van der Waals surface area contributed by atoms with Gasteiger partial charge in [0, 0.05) is 28.0 Å². The molecule has 4 N–H and O–H groups in total. The Hall–Kier alpha value is -5.11. The van der Waals surface area contributed by atoms with Crippen LogP contribution in [0.15, 0.2) is 41.4 Å². The zero-order valence-corrected chi connectivity index (χ0v) is 40.7. The summed E-state index contributed by atoms with van der Waals surface area (Å²) in [6.45, 7) is 11.1. The molecule has 5 amide bonds. The van der Waals surface area contributed by atoms with Gasteiger partial charge in [0.15, 0.2) is 0 Å². The van der Waals surface area contributed by atoms with E-state index in [2.05, 4.69) is 27.8 Å². The van der Waals surface area contributed by atoms with Gasteiger partial charge in [-0.2, -0.15) is 0 Å². The molecule has 2 aliphatic carbocycles. The molecule has 4 atom stereocenters. The molecule has 0 bridgehead atoms. The van der Waals surface area contributed by atoms with E-state index in [9.17, 15) is 33.6 Å². The van der Waals surface area contributed by atoms with Crippen molar-refractivity contribution in [1.29, 1.82) is 0 Å². The Morgan fingerprint density at radius 2 is 1.84 bits per heavy atom. The standard InChI is InChI=1S/C47H55FN7O8.Pb/c1-7-9-30-32(47(6,8-2)23-56)19-36-43-31(21-55(36)46(30)62)42-34(14-13-29-27(5)33(48)20-35(52-43)41(29)42)53-45(61)44(28-11-12-28)63-24-50-38(58)18-25(3)51-37(57)16-17-49-39(59)22-54-26(4)10-15-40(54)60;/h10,15,19-20,23,25,28,34,44H,3-4,7-9,11-14,16-18,21-22,24H2,1-2,5-6H3,(H,49,59)(H,50,58)(H,51,57)(H,53,61);/t25?,34?,44?,47-;/m0./s1. The number of hydrogen-bond acceptors (Lipinski definition) is 9. The van der Waals surface area contributed by atoms with Gasteiger partial charge in [0.25, 0.3) is 5.56 Å². The predicted octanol–water partition coefficient (Wildman–Crippen LogP) is 3.54. The van der Waals surface area contributed by atoms with E-state index in [-0.39, 0.29) is 80.1 Å². The average molecular weight is 1070 g/mol. The monoisotopic (exact) mass is 1070 g/mol. The molecule has 337 valence electrons. The third kappa shape index (κ3) is 9.48. The Kier molecular flexibility index (Phi) is 14.3. The molecule has 3 aromatic rings. The van der Waals surface area contributed by atoms with Crippen LogP contribution in [0.5, 0.6) is 0 Å². The number of benzene rings is 1. The number of rotatable bonds is 20. The molecular weight excluding hydrogens is 1020 g/mol. The van der Waals surface area contributed by atoms with Crippen molar-refractivity contribution in [3.05, 3.63) is 86.1 Å². The van der Waals surface area contributed by atoms with E-state index in [1.54, 1.807) is 11.5 Å². The van der Waals surface area contributed by atoms with Gasteiger partial charge in [-0.15, -0.1) is 0 Å². The van der Waals surface area contributed by atoms with Crippen LogP contribution in [0.4, 0.5) is 4.39 Å². The average Bonchev–Trinajstić information content (AvgIpc) is 3.98. The summed E-state index contributed by atoms with van der Waals surface area (Å²) in [6, 6.07) is 2.41. The number of nitrogens with one attached hydrogen (secondary N) is 4. The van der Waals surface area contributed by atoms with E-state index in [0.717, 1.165) is 47.6 Å². The first-order valence-corrected chi connectivity index (χ1v) is 24.8. The van der Waals surface area contributed by atoms with Crippen LogP contribution in [0, 0.1) is 18.7 Å². The van der Waals surface area contributed by atoms with Crippen LogP contribution in [0.3, 0.4) is 0 Å². The van der Waals surface area contributed by atoms with Crippen LogP contribution in [0.1, 0.15) is 105 Å². The fraction of sp³-hybridized carbons (Fsp3) is 0.489. The first kappa shape index (κ1) is 46.9. The molecule has 1 aromatic carbocycles. The first-order chi connectivity index (χ1) is 30.6. The molecular formula is C47H55FN7O8Pb. The number of carbonyl (C=O) groups is 6. The second-order valence-electron chi connectivity index (χ2n) is 17.5. The summed E-state index contributed by atoms with van der Waals surface area (Å²) < 4.78 is 23.9. The summed E-state index contributed by atoms with van der Waals surface area (Å²) in [7, 11) is 0. The summed E-state index contributed by atoms with van der Waals surface area (Å²) >= 11 is 0.714. The molecule has 3 radical (unpaired) electrons. The van der Waals surface area contributed by atoms with Crippen LogP contribution in [0.2, 0.25) is 3.98 Å². The van der Waals surface area contributed by atoms with Crippen molar-refractivity contribution >= 4 is 72.5 Å². The molecule has 3 unspecified atom stereocenters. The van der Waals surface area contributed by atoms with Gasteiger partial charge in [-0.25, -0.2) is 9.37 Å². The van der Waals surface area contributed by atoms with Gasteiger partial charge in [-0.1, -0.05) is 20.3 Å². The second kappa shape index (κ2) is 19.6. The molecule has 2 aromatic heterocycles. The number of hydrogen-bond donors (Lipinski definition) is 4. The molecule has 0 spiro atoms. The molecule has 64 heavy (non-hydrogen) atoms. The van der Waals surface area contributed by atoms with E-state index in [1.165, 1.54) is 23.1 Å². The summed E-state index contributed by atoms with van der Waals surface area (Å²) in [4.78, 5) is 97.1. The molecule has 17 heteroatoms. The number of nitrogens with zero attached hydrogens (tertiary/aromatic N) is 3. The van der Waals surface area contributed by atoms with Gasteiger partial charge >= 0.3 is 220 Å². The van der Waals surface area contributed by atoms with Crippen molar-refractivity contribution in [3.8, 4) is 11.4 Å². The van der Waals surface area contributed by atoms with Crippen LogP contribution >= 0.6 is 0 Å². The summed E-state index contributed by atoms with van der Waals surface area (Å²) in [5, 5.41) is 12.2. The van der Waals surface area contributed by atoms with Crippen molar-refractivity contribution in [2.24, 2.45) is 5.92 Å². The zero-order chi connectivity index (χ0) is 46.0. The fourth-order valence-corrected chi connectivity index (χ4v) is 10.0. The third-order valence-electron chi connectivity index (χ3n) is 13.1. The molecule has 4 heterocycles. The molecule has 15 nitrogen and oxygen atoms in total. The minimum atomic E-state index is -0.887. The molecule has 0 saturated heterocycles. The van der Waals surface area contributed by atoms with E-state index in [4.69, 9.17) is 9.72 Å². The number of carbonyl (C=O) groups excluding carboxylic acids is 6. The number of ether oxygens (including phenoxy) is 1. The van der Waals surface area contributed by atoms with Crippen molar-refractivity contribution in [3.63, 3.8) is 0 Å². The Labute approximate surface area is 387 Å². The van der Waals surface area contributed by atoms with Crippen LogP contribution < -0.4 is 26.8 Å². The Bertz CT molecular complexity index is 2520. The molecule has 1 saturated carbocycles. The van der Waals surface area contributed by atoms with Gasteiger partial charge in [-0.05, 0) is 55.9 Å². The summed E-state index contributed by atoms with van der Waals surface area (Å²) in [5.41, 5.74) is 5.11. The predicted molar refractivity (Wildman–Crippen MR) is 237 cm³/mol. The van der Waals surface area contributed by atoms with Crippen LogP contribution in [0.25, 0.3) is 22.3 Å². The van der Waals surface area contributed by atoms with Crippen LogP contribution in [-0.4, -0.2) is 108 Å². The van der Waals surface area contributed by atoms with Crippen molar-refractivity contribution < 1.29 is 37.9 Å². The van der Waals surface area contributed by atoms with E-state index < -0.39 is 29.5 Å². The van der Waals surface area contributed by atoms with Crippen molar-refractivity contribution in [2.45, 2.75) is 120 Å². The van der Waals surface area contributed by atoms with Gasteiger partial charge in [0.2, 0.25) is 0 Å². The van der Waals surface area contributed by atoms with Crippen molar-refractivity contribution in [2.75, 3.05) is 19.8 Å². The summed E-state index contributed by atoms with van der Waals surface area (Å²) in [5.74, 6) is -2.20. The first-order valence-electron chi connectivity index (χ1n) is 22.1. The number of allylic oxidation sites excluding steroid dienone is 1. The quantitative estimate of drug-likeness (QED) is 0.0582. The minimum absolute atomic E-state index is 0.00180. The Morgan fingerprint density at radius 1 is 1.08 bits per heavy atom. The molecule has 4 aliphatic rings. The third-order valence-corrected chi connectivity index (χ3v) is 15.0. The Morgan fingerprint density at radius 3 is 2.50 bits per heavy atom. The van der Waals surface area contributed by atoms with E-state index in [1.807, 2.05) is 26.8 Å². The van der Waals surface area contributed by atoms with Gasteiger partial charge in [0.05, 0.1) is 23.4 Å². The van der Waals surface area contributed by atoms with E-state index >= 15 is 4.39 Å². The number of aldehydes is 1. The molecule has 7 rings (SSSR count). The van der Waals surface area contributed by atoms with Crippen LogP contribution in [-0.2, 0) is 58.3 Å². The number of halogens is 1. The maximum absolute atomic E-state index is 15.5. The Balaban J connectivity index is 1.02. The van der Waals surface area contributed by atoms with Crippen molar-refractivity contribution in [1.82, 2.24) is 35.7 Å². The number of fused-ring (bicyclic) bond motifs is 4. The molecule has 1 fully saturated rings. The summed E-state index contributed by atoms with van der Waals surface area (Å²) in [6.07, 6.45) is 7.17. The normalized spacial score (nSPS) is 18.0. The van der Waals surface area contributed by atoms with Gasteiger partial charge in [0.1, 0.15) is 12.1 Å². The fourth-order valence-electron chi connectivity index (χ4n) is 9.07. The zero-order valence-electron chi connectivity index (χ0n) is 36.8. The molecule has 2 aliphatic heterocycles. The number of pyridine rings is 2. The number of amides is 5. The van der Waals surface area contributed by atoms with E-state index in [0.29, 0.717) is 94.7 Å².